The number of hydrogen-bond acceptors (Lipinski definition) is 0. The molecule has 2 aromatic heterocycles. The van der Waals surface area contributed by atoms with Crippen LogP contribution < -0.4 is 4.98 Å². The molecular formula is C7H4BrCl2N2+. The minimum absolute atomic E-state index is 0.518. The zero-order valence-electron chi connectivity index (χ0n) is 5.79. The Kier molecular flexibility index (Phi) is 2.02. The molecule has 0 bridgehead atoms. The normalized spacial score (nSPS) is 10.9. The molecule has 0 aliphatic rings. The molecule has 0 aliphatic carbocycles. The smallest absolute Gasteiger partial charge is 0.246 e. The van der Waals surface area contributed by atoms with Crippen LogP contribution in [0.4, 0.5) is 0 Å². The molecule has 0 aromatic carbocycles. The number of hydrogen-bond donors (Lipinski definition) is 1. The second-order valence-corrected chi connectivity index (χ2v) is 3.98. The van der Waals surface area contributed by atoms with E-state index in [9.17, 15) is 0 Å². The average Bonchev–Trinajstić information content (AvgIpc) is 2.41. The van der Waals surface area contributed by atoms with Crippen molar-refractivity contribution in [1.82, 2.24) is 4.98 Å². The average molecular weight is 267 g/mol. The van der Waals surface area contributed by atoms with Gasteiger partial charge in [-0.25, -0.2) is 9.97 Å². The van der Waals surface area contributed by atoms with E-state index < -0.39 is 0 Å². The number of rotatable bonds is 0. The standard InChI is InChI=1S/C7H3BrCl2N2/c8-3-1-11-7-5(3)6(10)4(9)2-12-7/h1-2H,(H,11,12)/p+1. The SMILES string of the molecule is Clc1c[nH+]c2[nH]cc(Br)c2c1Cl. The number of H-pyrrole nitrogens is 2. The zero-order valence-corrected chi connectivity index (χ0v) is 8.89. The van der Waals surface area contributed by atoms with Gasteiger partial charge in [-0.1, -0.05) is 23.2 Å². The number of aromatic nitrogens is 2. The first-order chi connectivity index (χ1) is 5.70. The summed E-state index contributed by atoms with van der Waals surface area (Å²) in [7, 11) is 0. The molecule has 0 unspecified atom stereocenters. The first-order valence-electron chi connectivity index (χ1n) is 3.22. The van der Waals surface area contributed by atoms with Crippen molar-refractivity contribution in [2.75, 3.05) is 0 Å². The van der Waals surface area contributed by atoms with Crippen molar-refractivity contribution in [3.05, 3.63) is 26.9 Å². The summed E-state index contributed by atoms with van der Waals surface area (Å²) in [5, 5.41) is 1.95. The second-order valence-electron chi connectivity index (χ2n) is 2.34. The summed E-state index contributed by atoms with van der Waals surface area (Å²) in [6.07, 6.45) is 3.46. The van der Waals surface area contributed by atoms with Crippen LogP contribution in [-0.2, 0) is 0 Å². The summed E-state index contributed by atoms with van der Waals surface area (Å²) >= 11 is 15.1. The molecule has 12 heavy (non-hydrogen) atoms. The van der Waals surface area contributed by atoms with Crippen molar-refractivity contribution in [1.29, 1.82) is 0 Å². The molecular weight excluding hydrogens is 263 g/mol. The van der Waals surface area contributed by atoms with Gasteiger partial charge in [-0.05, 0) is 15.9 Å². The maximum atomic E-state index is 5.97. The Morgan fingerprint density at radius 2 is 2.17 bits per heavy atom. The quantitative estimate of drug-likeness (QED) is 0.760. The fourth-order valence-electron chi connectivity index (χ4n) is 1.05. The van der Waals surface area contributed by atoms with Crippen LogP contribution in [0.3, 0.4) is 0 Å². The lowest BCUT2D eigenvalue weighted by Gasteiger charge is -1.92. The summed E-state index contributed by atoms with van der Waals surface area (Å²) in [5.74, 6) is 0. The lowest BCUT2D eigenvalue weighted by Crippen LogP contribution is -2.02. The number of nitrogens with one attached hydrogen (secondary N) is 2. The lowest BCUT2D eigenvalue weighted by atomic mass is 10.3. The van der Waals surface area contributed by atoms with Gasteiger partial charge in [0, 0.05) is 0 Å². The monoisotopic (exact) mass is 265 g/mol. The van der Waals surface area contributed by atoms with E-state index in [0.717, 1.165) is 15.5 Å². The van der Waals surface area contributed by atoms with Crippen molar-refractivity contribution in [3.8, 4) is 0 Å². The molecule has 62 valence electrons. The molecule has 2 N–H and O–H groups in total. The Morgan fingerprint density at radius 1 is 1.42 bits per heavy atom. The molecule has 0 atom stereocenters. The van der Waals surface area contributed by atoms with E-state index in [0.29, 0.717) is 10.0 Å². The highest BCUT2D eigenvalue weighted by atomic mass is 79.9. The van der Waals surface area contributed by atoms with Crippen molar-refractivity contribution in [2.45, 2.75) is 0 Å². The summed E-state index contributed by atoms with van der Waals surface area (Å²) in [6.45, 7) is 0. The van der Waals surface area contributed by atoms with Gasteiger partial charge in [0.15, 0.2) is 0 Å². The highest BCUT2D eigenvalue weighted by Crippen LogP contribution is 2.32. The second kappa shape index (κ2) is 2.91. The Bertz CT molecular complexity index is 438. The third-order valence-corrected chi connectivity index (χ3v) is 3.02. The third-order valence-electron chi connectivity index (χ3n) is 1.60. The van der Waals surface area contributed by atoms with E-state index in [-0.39, 0.29) is 0 Å². The predicted octanol–water partition coefficient (Wildman–Crippen LogP) is 3.05. The highest BCUT2D eigenvalue weighted by Gasteiger charge is 2.13. The molecule has 0 saturated carbocycles. The van der Waals surface area contributed by atoms with Crippen molar-refractivity contribution >= 4 is 50.2 Å². The third kappa shape index (κ3) is 1.13. The first-order valence-corrected chi connectivity index (χ1v) is 4.77. The van der Waals surface area contributed by atoms with Gasteiger partial charge >= 0.3 is 0 Å². The molecule has 0 saturated heterocycles. The summed E-state index contributed by atoms with van der Waals surface area (Å²) in [6, 6.07) is 0. The largest absolute Gasteiger partial charge is 0.287 e. The van der Waals surface area contributed by atoms with E-state index in [1.54, 1.807) is 6.20 Å². The molecule has 0 fully saturated rings. The minimum atomic E-state index is 0.518. The summed E-state index contributed by atoms with van der Waals surface area (Å²) < 4.78 is 0.904. The molecule has 2 nitrogen and oxygen atoms in total. The van der Waals surface area contributed by atoms with Crippen LogP contribution in [0.15, 0.2) is 16.9 Å². The highest BCUT2D eigenvalue weighted by molar-refractivity contribution is 9.10. The van der Waals surface area contributed by atoms with E-state index in [1.165, 1.54) is 0 Å². The van der Waals surface area contributed by atoms with Gasteiger partial charge in [-0.3, -0.25) is 0 Å². The lowest BCUT2D eigenvalue weighted by molar-refractivity contribution is -0.347. The topological polar surface area (TPSA) is 29.9 Å². The fraction of sp³-hybridized carbons (Fsp3) is 0. The Balaban J connectivity index is 2.96. The molecule has 0 spiro atoms. The fourth-order valence-corrected chi connectivity index (χ4v) is 2.07. The number of halogens is 3. The molecule has 5 heteroatoms. The molecule has 0 radical (unpaired) electrons. The van der Waals surface area contributed by atoms with Crippen LogP contribution in [0.2, 0.25) is 10.0 Å². The maximum absolute atomic E-state index is 5.97. The number of pyridine rings is 1. The van der Waals surface area contributed by atoms with Gasteiger partial charge in [-0.15, -0.1) is 0 Å². The van der Waals surface area contributed by atoms with Crippen LogP contribution in [0.1, 0.15) is 0 Å². The van der Waals surface area contributed by atoms with E-state index in [4.69, 9.17) is 23.2 Å². The number of fused-ring (bicyclic) bond motifs is 1. The Morgan fingerprint density at radius 3 is 2.92 bits per heavy atom. The molecule has 0 amide bonds. The van der Waals surface area contributed by atoms with Crippen LogP contribution in [0.25, 0.3) is 11.0 Å². The van der Waals surface area contributed by atoms with Gasteiger partial charge in [0.2, 0.25) is 0 Å². The minimum Gasteiger partial charge on any atom is -0.246 e. The Hall–Kier alpha value is -0.250. The molecule has 2 aromatic rings. The van der Waals surface area contributed by atoms with Gasteiger partial charge in [0.25, 0.3) is 5.65 Å². The van der Waals surface area contributed by atoms with Gasteiger partial charge < -0.3 is 0 Å². The van der Waals surface area contributed by atoms with Crippen LogP contribution in [0.5, 0.6) is 0 Å². The number of aromatic amines is 2. The predicted molar refractivity (Wildman–Crippen MR) is 52.6 cm³/mol. The van der Waals surface area contributed by atoms with Crippen molar-refractivity contribution in [3.63, 3.8) is 0 Å². The van der Waals surface area contributed by atoms with Crippen LogP contribution >= 0.6 is 39.1 Å². The van der Waals surface area contributed by atoms with Gasteiger partial charge in [0.05, 0.1) is 14.5 Å². The molecule has 0 aliphatic heterocycles. The summed E-state index contributed by atoms with van der Waals surface area (Å²) in [4.78, 5) is 5.99. The zero-order chi connectivity index (χ0) is 8.72. The van der Waals surface area contributed by atoms with Crippen LogP contribution in [-0.4, -0.2) is 4.98 Å². The molecule has 2 heterocycles. The van der Waals surface area contributed by atoms with Gasteiger partial charge in [-0.2, -0.15) is 0 Å². The van der Waals surface area contributed by atoms with E-state index in [2.05, 4.69) is 25.9 Å². The first kappa shape index (κ1) is 8.35. The van der Waals surface area contributed by atoms with Crippen molar-refractivity contribution < 1.29 is 4.98 Å². The molecule has 2 rings (SSSR count). The van der Waals surface area contributed by atoms with E-state index >= 15 is 0 Å². The maximum Gasteiger partial charge on any atom is 0.287 e. The Labute approximate surface area is 87.0 Å². The van der Waals surface area contributed by atoms with E-state index in [1.807, 2.05) is 6.20 Å². The summed E-state index contributed by atoms with van der Waals surface area (Å²) in [5.41, 5.74) is 0.858. The van der Waals surface area contributed by atoms with Crippen LogP contribution in [0, 0.1) is 0 Å². The van der Waals surface area contributed by atoms with Gasteiger partial charge in [0.1, 0.15) is 17.8 Å². The van der Waals surface area contributed by atoms with Crippen molar-refractivity contribution in [2.24, 2.45) is 0 Å².